The van der Waals surface area contributed by atoms with Crippen LogP contribution in [0.1, 0.15) is 18.2 Å². The Labute approximate surface area is 99.6 Å². The van der Waals surface area contributed by atoms with E-state index in [-0.39, 0.29) is 0 Å². The zero-order valence-corrected chi connectivity index (χ0v) is 10.1. The predicted molar refractivity (Wildman–Crippen MR) is 67.9 cm³/mol. The summed E-state index contributed by atoms with van der Waals surface area (Å²) in [6, 6.07) is 4.16. The van der Waals surface area contributed by atoms with Crippen LogP contribution in [0.15, 0.2) is 29.2 Å². The number of nitrogens with one attached hydrogen (secondary N) is 1. The second-order valence-corrected chi connectivity index (χ2v) is 4.34. The number of anilines is 1. The number of nitrogens with zero attached hydrogens (tertiary/aromatic N) is 2. The lowest BCUT2D eigenvalue weighted by molar-refractivity contribution is 0.970. The molecule has 0 atom stereocenters. The highest BCUT2D eigenvalue weighted by Gasteiger charge is 1.97. The van der Waals surface area contributed by atoms with Crippen LogP contribution in [-0.2, 0) is 12.8 Å². The number of aromatic nitrogens is 2. The summed E-state index contributed by atoms with van der Waals surface area (Å²) < 4.78 is 0. The fourth-order valence-electron chi connectivity index (χ4n) is 1.46. The van der Waals surface area contributed by atoms with Crippen molar-refractivity contribution in [3.8, 4) is 0 Å². The highest BCUT2D eigenvalue weighted by molar-refractivity contribution is 7.07. The van der Waals surface area contributed by atoms with Gasteiger partial charge in [-0.15, -0.1) is 0 Å². The molecule has 0 fully saturated rings. The van der Waals surface area contributed by atoms with Gasteiger partial charge in [0.1, 0.15) is 12.1 Å². The molecule has 3 nitrogen and oxygen atoms in total. The maximum Gasteiger partial charge on any atom is 0.129 e. The Kier molecular flexibility index (Phi) is 3.88. The van der Waals surface area contributed by atoms with E-state index in [1.165, 1.54) is 5.56 Å². The van der Waals surface area contributed by atoms with Crippen molar-refractivity contribution < 1.29 is 0 Å². The summed E-state index contributed by atoms with van der Waals surface area (Å²) in [7, 11) is 0. The molecule has 0 unspecified atom stereocenters. The molecule has 0 aliphatic carbocycles. The summed E-state index contributed by atoms with van der Waals surface area (Å²) in [6.07, 6.45) is 3.60. The van der Waals surface area contributed by atoms with Gasteiger partial charge in [0.25, 0.3) is 0 Å². The molecule has 4 heteroatoms. The summed E-state index contributed by atoms with van der Waals surface area (Å²) in [5, 5.41) is 7.60. The molecule has 2 rings (SSSR count). The molecule has 0 saturated heterocycles. The van der Waals surface area contributed by atoms with Gasteiger partial charge in [-0.05, 0) is 35.2 Å². The van der Waals surface area contributed by atoms with E-state index in [1.807, 2.05) is 6.07 Å². The lowest BCUT2D eigenvalue weighted by Gasteiger charge is -2.05. The van der Waals surface area contributed by atoms with Crippen molar-refractivity contribution in [1.29, 1.82) is 0 Å². The Balaban J connectivity index is 1.85. The molecule has 0 aliphatic rings. The number of aryl methyl sites for hydroxylation is 1. The Hall–Kier alpha value is -1.42. The molecule has 0 saturated carbocycles. The second-order valence-electron chi connectivity index (χ2n) is 3.56. The number of hydrogen-bond acceptors (Lipinski definition) is 4. The molecule has 1 N–H and O–H groups in total. The number of thiophene rings is 1. The van der Waals surface area contributed by atoms with Crippen LogP contribution in [0, 0.1) is 0 Å². The maximum absolute atomic E-state index is 4.19. The van der Waals surface area contributed by atoms with E-state index in [4.69, 9.17) is 0 Å². The molecule has 0 radical (unpaired) electrons. The largest absolute Gasteiger partial charge is 0.370 e. The fourth-order valence-corrected chi connectivity index (χ4v) is 2.16. The third-order valence-electron chi connectivity index (χ3n) is 2.39. The van der Waals surface area contributed by atoms with Crippen LogP contribution in [0.4, 0.5) is 5.82 Å². The summed E-state index contributed by atoms with van der Waals surface area (Å²) in [5.74, 6) is 0.919. The average molecular weight is 233 g/mol. The first-order chi connectivity index (χ1) is 7.88. The Morgan fingerprint density at radius 2 is 2.31 bits per heavy atom. The minimum Gasteiger partial charge on any atom is -0.370 e. The van der Waals surface area contributed by atoms with Gasteiger partial charge < -0.3 is 5.32 Å². The Morgan fingerprint density at radius 3 is 3.06 bits per heavy atom. The third-order valence-corrected chi connectivity index (χ3v) is 3.12. The van der Waals surface area contributed by atoms with Gasteiger partial charge in [-0.1, -0.05) is 6.92 Å². The van der Waals surface area contributed by atoms with E-state index in [0.717, 1.165) is 30.9 Å². The first-order valence-corrected chi connectivity index (χ1v) is 6.38. The van der Waals surface area contributed by atoms with E-state index in [0.29, 0.717) is 0 Å². The van der Waals surface area contributed by atoms with Gasteiger partial charge in [-0.2, -0.15) is 11.3 Å². The van der Waals surface area contributed by atoms with Crippen LogP contribution in [0.25, 0.3) is 0 Å². The molecule has 2 aromatic rings. The van der Waals surface area contributed by atoms with Crippen LogP contribution in [0.2, 0.25) is 0 Å². The molecule has 0 amide bonds. The normalized spacial score (nSPS) is 10.3. The highest BCUT2D eigenvalue weighted by atomic mass is 32.1. The van der Waals surface area contributed by atoms with Gasteiger partial charge >= 0.3 is 0 Å². The van der Waals surface area contributed by atoms with Gasteiger partial charge in [-0.3, -0.25) is 0 Å². The number of rotatable bonds is 5. The lowest BCUT2D eigenvalue weighted by atomic mass is 10.2. The third kappa shape index (κ3) is 3.03. The first-order valence-electron chi connectivity index (χ1n) is 5.44. The fraction of sp³-hybridized carbons (Fsp3) is 0.333. The van der Waals surface area contributed by atoms with Crippen molar-refractivity contribution in [2.24, 2.45) is 0 Å². The summed E-state index contributed by atoms with van der Waals surface area (Å²) in [4.78, 5) is 8.35. The summed E-state index contributed by atoms with van der Waals surface area (Å²) >= 11 is 1.74. The first kappa shape index (κ1) is 11.1. The predicted octanol–water partition coefficient (Wildman–Crippen LogP) is 2.76. The quantitative estimate of drug-likeness (QED) is 0.863. The average Bonchev–Trinajstić information content (AvgIpc) is 2.82. The maximum atomic E-state index is 4.19. The van der Waals surface area contributed by atoms with Crippen molar-refractivity contribution in [2.75, 3.05) is 11.9 Å². The zero-order valence-electron chi connectivity index (χ0n) is 9.31. The molecular formula is C12H15N3S. The smallest absolute Gasteiger partial charge is 0.129 e. The van der Waals surface area contributed by atoms with Gasteiger partial charge in [0.15, 0.2) is 0 Å². The lowest BCUT2D eigenvalue weighted by Crippen LogP contribution is -2.06. The van der Waals surface area contributed by atoms with Crippen molar-refractivity contribution >= 4 is 17.2 Å². The molecule has 16 heavy (non-hydrogen) atoms. The van der Waals surface area contributed by atoms with Crippen LogP contribution in [-0.4, -0.2) is 16.5 Å². The topological polar surface area (TPSA) is 37.8 Å². The minimum atomic E-state index is 0.914. The van der Waals surface area contributed by atoms with E-state index >= 15 is 0 Å². The van der Waals surface area contributed by atoms with Crippen LogP contribution >= 0.6 is 11.3 Å². The monoisotopic (exact) mass is 233 g/mol. The second kappa shape index (κ2) is 5.61. The highest BCUT2D eigenvalue weighted by Crippen LogP contribution is 2.08. The van der Waals surface area contributed by atoms with E-state index in [1.54, 1.807) is 17.7 Å². The van der Waals surface area contributed by atoms with Gasteiger partial charge in [-0.25, -0.2) is 9.97 Å². The molecule has 2 aromatic heterocycles. The van der Waals surface area contributed by atoms with Crippen molar-refractivity contribution in [3.05, 3.63) is 40.5 Å². The van der Waals surface area contributed by atoms with Crippen LogP contribution < -0.4 is 5.32 Å². The molecule has 2 heterocycles. The molecule has 0 aliphatic heterocycles. The molecule has 0 aromatic carbocycles. The van der Waals surface area contributed by atoms with Gasteiger partial charge in [0, 0.05) is 18.3 Å². The molecule has 84 valence electrons. The van der Waals surface area contributed by atoms with Crippen LogP contribution in [0.3, 0.4) is 0 Å². The van der Waals surface area contributed by atoms with Crippen molar-refractivity contribution in [2.45, 2.75) is 19.8 Å². The standard InChI is InChI=1S/C12H15N3S/c1-2-11-7-12(15-9-14-11)13-5-3-10-4-6-16-8-10/h4,6-9H,2-3,5H2,1H3,(H,13,14,15). The minimum absolute atomic E-state index is 0.914. The number of hydrogen-bond donors (Lipinski definition) is 1. The van der Waals surface area contributed by atoms with E-state index in [9.17, 15) is 0 Å². The van der Waals surface area contributed by atoms with Gasteiger partial charge in [0.2, 0.25) is 0 Å². The summed E-state index contributed by atoms with van der Waals surface area (Å²) in [5.41, 5.74) is 2.45. The van der Waals surface area contributed by atoms with Gasteiger partial charge in [0.05, 0.1) is 0 Å². The van der Waals surface area contributed by atoms with Crippen LogP contribution in [0.5, 0.6) is 0 Å². The SMILES string of the molecule is CCc1cc(NCCc2ccsc2)ncn1. The Morgan fingerprint density at radius 1 is 1.38 bits per heavy atom. The molecule has 0 spiro atoms. The molecular weight excluding hydrogens is 218 g/mol. The molecule has 0 bridgehead atoms. The van der Waals surface area contributed by atoms with Crippen molar-refractivity contribution in [3.63, 3.8) is 0 Å². The Bertz CT molecular complexity index is 426. The van der Waals surface area contributed by atoms with E-state index in [2.05, 4.69) is 39.0 Å². The van der Waals surface area contributed by atoms with Crippen molar-refractivity contribution in [1.82, 2.24) is 9.97 Å². The zero-order chi connectivity index (χ0) is 11.2. The summed E-state index contributed by atoms with van der Waals surface area (Å²) in [6.45, 7) is 3.01. The van der Waals surface area contributed by atoms with E-state index < -0.39 is 0 Å².